The third-order valence-corrected chi connectivity index (χ3v) is 4.38. The van der Waals surface area contributed by atoms with Crippen molar-refractivity contribution in [1.82, 2.24) is 5.32 Å². The Morgan fingerprint density at radius 3 is 2.47 bits per heavy atom. The van der Waals surface area contributed by atoms with Crippen molar-refractivity contribution < 1.29 is 14.3 Å². The molecule has 108 valence electrons. The van der Waals surface area contributed by atoms with Gasteiger partial charge in [0.1, 0.15) is 11.4 Å². The molecule has 1 N–H and O–H groups in total. The van der Waals surface area contributed by atoms with Crippen molar-refractivity contribution in [3.05, 3.63) is 0 Å². The van der Waals surface area contributed by atoms with Gasteiger partial charge < -0.3 is 10.1 Å². The number of hydrogen-bond acceptors (Lipinski definition) is 4. The van der Waals surface area contributed by atoms with Crippen LogP contribution in [0.3, 0.4) is 0 Å². The van der Waals surface area contributed by atoms with E-state index in [4.69, 9.17) is 4.74 Å². The molecule has 4 nitrogen and oxygen atoms in total. The number of piperidine rings is 1. The maximum Gasteiger partial charge on any atom is 0.311 e. The van der Waals surface area contributed by atoms with Crippen molar-refractivity contribution in [1.29, 1.82) is 0 Å². The number of Topliss-reactive ketones (excluding diaryl/α,β-unsaturated/α-hetero) is 1. The van der Waals surface area contributed by atoms with Crippen LogP contribution in [0.5, 0.6) is 0 Å². The van der Waals surface area contributed by atoms with Crippen LogP contribution >= 0.6 is 0 Å². The molecule has 0 bridgehead atoms. The van der Waals surface area contributed by atoms with Gasteiger partial charge in [-0.2, -0.15) is 0 Å². The Balaban J connectivity index is 2.12. The molecule has 0 aromatic rings. The van der Waals surface area contributed by atoms with Gasteiger partial charge in [0.15, 0.2) is 0 Å². The molecule has 2 rings (SSSR count). The van der Waals surface area contributed by atoms with Crippen molar-refractivity contribution in [3.63, 3.8) is 0 Å². The van der Waals surface area contributed by atoms with Gasteiger partial charge in [-0.3, -0.25) is 9.59 Å². The minimum atomic E-state index is -0.444. The summed E-state index contributed by atoms with van der Waals surface area (Å²) in [7, 11) is 0. The molecule has 0 aromatic heterocycles. The van der Waals surface area contributed by atoms with Crippen LogP contribution in [0.2, 0.25) is 0 Å². The van der Waals surface area contributed by atoms with Crippen molar-refractivity contribution in [2.45, 2.75) is 58.5 Å². The van der Waals surface area contributed by atoms with E-state index in [1.807, 2.05) is 20.8 Å². The molecule has 1 heterocycles. The number of esters is 1. The van der Waals surface area contributed by atoms with E-state index in [2.05, 4.69) is 5.32 Å². The van der Waals surface area contributed by atoms with Crippen LogP contribution in [-0.2, 0) is 14.3 Å². The molecular weight excluding hydrogens is 242 g/mol. The predicted octanol–water partition coefficient (Wildman–Crippen LogP) is 2.07. The summed E-state index contributed by atoms with van der Waals surface area (Å²) in [5.41, 5.74) is -0.457. The Labute approximate surface area is 115 Å². The summed E-state index contributed by atoms with van der Waals surface area (Å²) in [6.07, 6.45) is 3.91. The molecule has 0 amide bonds. The molecule has 1 unspecified atom stereocenters. The highest BCUT2D eigenvalue weighted by atomic mass is 16.6. The molecule has 0 radical (unpaired) electrons. The molecule has 1 atom stereocenters. The quantitative estimate of drug-likeness (QED) is 0.739. The molecule has 2 fully saturated rings. The minimum absolute atomic E-state index is 0.0124. The predicted molar refractivity (Wildman–Crippen MR) is 72.7 cm³/mol. The summed E-state index contributed by atoms with van der Waals surface area (Å²) in [6, 6.07) is 0. The maximum atomic E-state index is 12.4. The smallest absolute Gasteiger partial charge is 0.311 e. The van der Waals surface area contributed by atoms with Gasteiger partial charge in [0.25, 0.3) is 0 Å². The van der Waals surface area contributed by atoms with Gasteiger partial charge in [-0.05, 0) is 52.0 Å². The van der Waals surface area contributed by atoms with Crippen LogP contribution in [0.1, 0.15) is 52.9 Å². The van der Waals surface area contributed by atoms with Gasteiger partial charge in [-0.15, -0.1) is 0 Å². The lowest BCUT2D eigenvalue weighted by Crippen LogP contribution is -2.51. The molecule has 2 aliphatic rings. The zero-order chi connectivity index (χ0) is 14.1. The van der Waals surface area contributed by atoms with Gasteiger partial charge >= 0.3 is 5.97 Å². The Bertz CT molecular complexity index is 360. The number of nitrogens with one attached hydrogen (secondary N) is 1. The van der Waals surface area contributed by atoms with Crippen LogP contribution in [0.15, 0.2) is 0 Å². The van der Waals surface area contributed by atoms with Crippen molar-refractivity contribution >= 4 is 11.8 Å². The molecule has 1 aliphatic heterocycles. The second kappa shape index (κ2) is 5.23. The number of ether oxygens (including phenoxy) is 1. The SMILES string of the molecule is CC(C)(C)OC(=O)C1CNCCC12CCC(=O)CC2. The summed E-state index contributed by atoms with van der Waals surface area (Å²) in [4.78, 5) is 23.9. The lowest BCUT2D eigenvalue weighted by molar-refractivity contribution is -0.168. The molecule has 0 aromatic carbocycles. The molecule has 19 heavy (non-hydrogen) atoms. The third kappa shape index (κ3) is 3.35. The van der Waals surface area contributed by atoms with Crippen LogP contribution in [0.4, 0.5) is 0 Å². The summed E-state index contributed by atoms with van der Waals surface area (Å²) < 4.78 is 5.57. The lowest BCUT2D eigenvalue weighted by atomic mass is 9.62. The standard InChI is InChI=1S/C15H25NO3/c1-14(2,3)19-13(18)12-10-16-9-8-15(12)6-4-11(17)5-7-15/h12,16H,4-10H2,1-3H3. The first-order valence-electron chi connectivity index (χ1n) is 7.28. The summed E-state index contributed by atoms with van der Waals surface area (Å²) in [6.45, 7) is 7.32. The maximum absolute atomic E-state index is 12.4. The minimum Gasteiger partial charge on any atom is -0.460 e. The number of carbonyl (C=O) groups is 2. The average Bonchev–Trinajstić information content (AvgIpc) is 2.31. The van der Waals surface area contributed by atoms with Gasteiger partial charge in [0.2, 0.25) is 0 Å². The van der Waals surface area contributed by atoms with Gasteiger partial charge in [-0.25, -0.2) is 0 Å². The van der Waals surface area contributed by atoms with E-state index in [0.29, 0.717) is 25.2 Å². The highest BCUT2D eigenvalue weighted by molar-refractivity contribution is 5.80. The van der Waals surface area contributed by atoms with Crippen LogP contribution < -0.4 is 5.32 Å². The van der Waals surface area contributed by atoms with E-state index in [-0.39, 0.29) is 17.3 Å². The molecule has 1 saturated heterocycles. The largest absolute Gasteiger partial charge is 0.460 e. The van der Waals surface area contributed by atoms with Crippen LogP contribution in [0, 0.1) is 11.3 Å². The fourth-order valence-electron chi connectivity index (χ4n) is 3.31. The van der Waals surface area contributed by atoms with E-state index < -0.39 is 5.60 Å². The molecule has 1 saturated carbocycles. The fraction of sp³-hybridized carbons (Fsp3) is 0.867. The van der Waals surface area contributed by atoms with Gasteiger partial charge in [-0.1, -0.05) is 0 Å². The normalized spacial score (nSPS) is 27.3. The number of ketones is 1. The summed E-state index contributed by atoms with van der Waals surface area (Å²) in [5, 5.41) is 3.30. The molecule has 1 aliphatic carbocycles. The zero-order valence-electron chi connectivity index (χ0n) is 12.3. The van der Waals surface area contributed by atoms with Crippen molar-refractivity contribution in [2.75, 3.05) is 13.1 Å². The number of carbonyl (C=O) groups excluding carboxylic acids is 2. The van der Waals surface area contributed by atoms with Crippen LogP contribution in [-0.4, -0.2) is 30.4 Å². The van der Waals surface area contributed by atoms with Gasteiger partial charge in [0, 0.05) is 19.4 Å². The third-order valence-electron chi connectivity index (χ3n) is 4.38. The highest BCUT2D eigenvalue weighted by Crippen LogP contribution is 2.46. The number of rotatable bonds is 1. The number of hydrogen-bond donors (Lipinski definition) is 1. The Morgan fingerprint density at radius 2 is 1.89 bits per heavy atom. The molecular formula is C15H25NO3. The molecule has 1 spiro atoms. The lowest BCUT2D eigenvalue weighted by Gasteiger charge is -2.45. The zero-order valence-corrected chi connectivity index (χ0v) is 12.3. The Hall–Kier alpha value is -0.900. The molecule has 4 heteroatoms. The fourth-order valence-corrected chi connectivity index (χ4v) is 3.31. The monoisotopic (exact) mass is 267 g/mol. The van der Waals surface area contributed by atoms with E-state index in [9.17, 15) is 9.59 Å². The van der Waals surface area contributed by atoms with Crippen LogP contribution in [0.25, 0.3) is 0 Å². The van der Waals surface area contributed by atoms with E-state index in [1.165, 1.54) is 0 Å². The first kappa shape index (κ1) is 14.5. The summed E-state index contributed by atoms with van der Waals surface area (Å²) >= 11 is 0. The first-order chi connectivity index (χ1) is 8.82. The highest BCUT2D eigenvalue weighted by Gasteiger charge is 2.47. The second-order valence-electron chi connectivity index (χ2n) is 6.94. The van der Waals surface area contributed by atoms with Crippen molar-refractivity contribution in [2.24, 2.45) is 11.3 Å². The van der Waals surface area contributed by atoms with Crippen molar-refractivity contribution in [3.8, 4) is 0 Å². The Kier molecular flexibility index (Phi) is 4.00. The second-order valence-corrected chi connectivity index (χ2v) is 6.94. The summed E-state index contributed by atoms with van der Waals surface area (Å²) in [5.74, 6) is 0.134. The first-order valence-corrected chi connectivity index (χ1v) is 7.28. The average molecular weight is 267 g/mol. The Morgan fingerprint density at radius 1 is 1.26 bits per heavy atom. The van der Waals surface area contributed by atoms with E-state index >= 15 is 0 Å². The van der Waals surface area contributed by atoms with E-state index in [0.717, 1.165) is 25.8 Å². The van der Waals surface area contributed by atoms with E-state index in [1.54, 1.807) is 0 Å². The van der Waals surface area contributed by atoms with Gasteiger partial charge in [0.05, 0.1) is 5.92 Å². The topological polar surface area (TPSA) is 55.4 Å².